The van der Waals surface area contributed by atoms with Crippen molar-refractivity contribution in [3.63, 3.8) is 0 Å². The molecule has 1 aromatic rings. The number of hydrogen-bond acceptors (Lipinski definition) is 1. The SMILES string of the molecule is O=C1CCC2Cc3c(Br)ccc(Br)c3C12. The Morgan fingerprint density at radius 2 is 1.93 bits per heavy atom. The predicted octanol–water partition coefficient (Wildman–Crippen LogP) is 3.83. The van der Waals surface area contributed by atoms with Crippen molar-refractivity contribution in [1.82, 2.24) is 0 Å². The fourth-order valence-electron chi connectivity index (χ4n) is 2.94. The van der Waals surface area contributed by atoms with Crippen LogP contribution in [-0.4, -0.2) is 5.78 Å². The highest BCUT2D eigenvalue weighted by atomic mass is 79.9. The molecular formula is C12H10Br2O. The first-order valence-corrected chi connectivity index (χ1v) is 6.76. The zero-order chi connectivity index (χ0) is 10.6. The van der Waals surface area contributed by atoms with Gasteiger partial charge < -0.3 is 0 Å². The number of ketones is 1. The minimum Gasteiger partial charge on any atom is -0.299 e. The molecule has 2 aliphatic rings. The van der Waals surface area contributed by atoms with Crippen LogP contribution in [0, 0.1) is 5.92 Å². The van der Waals surface area contributed by atoms with Crippen LogP contribution < -0.4 is 0 Å². The van der Waals surface area contributed by atoms with E-state index in [0.29, 0.717) is 11.7 Å². The minimum atomic E-state index is 0.173. The van der Waals surface area contributed by atoms with Gasteiger partial charge in [-0.3, -0.25) is 4.79 Å². The zero-order valence-electron chi connectivity index (χ0n) is 8.09. The van der Waals surface area contributed by atoms with Gasteiger partial charge in [-0.1, -0.05) is 31.9 Å². The molecule has 0 amide bonds. The number of fused-ring (bicyclic) bond motifs is 3. The molecule has 0 N–H and O–H groups in total. The number of carbonyl (C=O) groups excluding carboxylic acids is 1. The molecule has 0 bridgehead atoms. The van der Waals surface area contributed by atoms with Crippen molar-refractivity contribution in [3.05, 3.63) is 32.2 Å². The second-order valence-corrected chi connectivity index (χ2v) is 6.08. The Kier molecular flexibility index (Phi) is 2.29. The second kappa shape index (κ2) is 3.42. The molecule has 2 unspecified atom stereocenters. The van der Waals surface area contributed by atoms with E-state index in [1.54, 1.807) is 0 Å². The Balaban J connectivity index is 2.21. The van der Waals surface area contributed by atoms with Gasteiger partial charge in [0.25, 0.3) is 0 Å². The van der Waals surface area contributed by atoms with Gasteiger partial charge in [0.05, 0.1) is 0 Å². The molecule has 2 atom stereocenters. The van der Waals surface area contributed by atoms with Gasteiger partial charge in [-0.2, -0.15) is 0 Å². The molecule has 0 spiro atoms. The van der Waals surface area contributed by atoms with Crippen LogP contribution in [0.25, 0.3) is 0 Å². The first-order chi connectivity index (χ1) is 7.18. The Hall–Kier alpha value is -0.150. The summed E-state index contributed by atoms with van der Waals surface area (Å²) in [7, 11) is 0. The summed E-state index contributed by atoms with van der Waals surface area (Å²) >= 11 is 7.15. The molecule has 15 heavy (non-hydrogen) atoms. The maximum atomic E-state index is 11.8. The van der Waals surface area contributed by atoms with Crippen LogP contribution in [0.2, 0.25) is 0 Å². The highest BCUT2D eigenvalue weighted by Gasteiger charge is 2.43. The molecule has 78 valence electrons. The lowest BCUT2D eigenvalue weighted by molar-refractivity contribution is -0.118. The molecule has 1 nitrogen and oxygen atoms in total. The fourth-order valence-corrected chi connectivity index (χ4v) is 4.07. The maximum absolute atomic E-state index is 11.8. The van der Waals surface area contributed by atoms with Crippen LogP contribution in [0.15, 0.2) is 21.1 Å². The van der Waals surface area contributed by atoms with Gasteiger partial charge in [-0.25, -0.2) is 0 Å². The molecule has 3 heteroatoms. The fraction of sp³-hybridized carbons (Fsp3) is 0.417. The van der Waals surface area contributed by atoms with Crippen molar-refractivity contribution in [2.45, 2.75) is 25.2 Å². The lowest BCUT2D eigenvalue weighted by Gasteiger charge is -2.10. The quantitative estimate of drug-likeness (QED) is 0.707. The van der Waals surface area contributed by atoms with E-state index in [0.717, 1.165) is 28.2 Å². The highest BCUT2D eigenvalue weighted by Crippen LogP contribution is 2.50. The molecule has 1 aromatic carbocycles. The topological polar surface area (TPSA) is 17.1 Å². The number of hydrogen-bond donors (Lipinski definition) is 0. The molecule has 0 aromatic heterocycles. The van der Waals surface area contributed by atoms with E-state index in [-0.39, 0.29) is 5.92 Å². The van der Waals surface area contributed by atoms with Crippen LogP contribution in [-0.2, 0) is 11.2 Å². The maximum Gasteiger partial charge on any atom is 0.140 e. The lowest BCUT2D eigenvalue weighted by atomic mass is 9.96. The first-order valence-electron chi connectivity index (χ1n) is 5.18. The van der Waals surface area contributed by atoms with Crippen LogP contribution in [0.4, 0.5) is 0 Å². The van der Waals surface area contributed by atoms with Crippen molar-refractivity contribution < 1.29 is 4.79 Å². The van der Waals surface area contributed by atoms with Crippen LogP contribution in [0.1, 0.15) is 29.9 Å². The molecule has 0 aliphatic heterocycles. The summed E-state index contributed by atoms with van der Waals surface area (Å²) in [6.45, 7) is 0. The number of carbonyl (C=O) groups is 1. The number of halogens is 2. The standard InChI is InChI=1S/C12H10Br2O/c13-8-2-3-9(14)12-7(8)5-6-1-4-10(15)11(6)12/h2-3,6,11H,1,4-5H2. The van der Waals surface area contributed by atoms with Crippen molar-refractivity contribution in [2.24, 2.45) is 5.92 Å². The van der Waals surface area contributed by atoms with Crippen molar-refractivity contribution >= 4 is 37.6 Å². The molecule has 1 fully saturated rings. The monoisotopic (exact) mass is 328 g/mol. The molecule has 0 radical (unpaired) electrons. The highest BCUT2D eigenvalue weighted by molar-refractivity contribution is 9.11. The van der Waals surface area contributed by atoms with Crippen molar-refractivity contribution in [2.75, 3.05) is 0 Å². The Labute approximate surface area is 106 Å². The molecular weight excluding hydrogens is 320 g/mol. The van der Waals surface area contributed by atoms with E-state index in [2.05, 4.69) is 37.9 Å². The van der Waals surface area contributed by atoms with E-state index in [4.69, 9.17) is 0 Å². The van der Waals surface area contributed by atoms with E-state index in [1.807, 2.05) is 6.07 Å². The predicted molar refractivity (Wildman–Crippen MR) is 66.0 cm³/mol. The van der Waals surface area contributed by atoms with Gasteiger partial charge in [0, 0.05) is 21.3 Å². The Morgan fingerprint density at radius 3 is 2.73 bits per heavy atom. The van der Waals surface area contributed by atoms with E-state index >= 15 is 0 Å². The summed E-state index contributed by atoms with van der Waals surface area (Å²) in [5.74, 6) is 1.16. The first kappa shape index (κ1) is 10.0. The lowest BCUT2D eigenvalue weighted by Crippen LogP contribution is -2.07. The minimum absolute atomic E-state index is 0.173. The molecule has 0 saturated heterocycles. The summed E-state index contributed by atoms with van der Waals surface area (Å²) in [4.78, 5) is 11.8. The molecule has 0 heterocycles. The van der Waals surface area contributed by atoms with Gasteiger partial charge in [0.2, 0.25) is 0 Å². The van der Waals surface area contributed by atoms with Crippen LogP contribution in [0.5, 0.6) is 0 Å². The van der Waals surface area contributed by atoms with Gasteiger partial charge in [0.1, 0.15) is 5.78 Å². The van der Waals surface area contributed by atoms with E-state index < -0.39 is 0 Å². The summed E-state index contributed by atoms with van der Waals surface area (Å²) in [6, 6.07) is 4.10. The average molecular weight is 330 g/mol. The average Bonchev–Trinajstić information content (AvgIpc) is 2.74. The summed E-state index contributed by atoms with van der Waals surface area (Å²) in [6.07, 6.45) is 2.90. The van der Waals surface area contributed by atoms with Gasteiger partial charge >= 0.3 is 0 Å². The molecule has 3 rings (SSSR count). The van der Waals surface area contributed by atoms with Crippen molar-refractivity contribution in [1.29, 1.82) is 0 Å². The smallest absolute Gasteiger partial charge is 0.140 e. The van der Waals surface area contributed by atoms with E-state index in [1.165, 1.54) is 11.1 Å². The van der Waals surface area contributed by atoms with Gasteiger partial charge in [0.15, 0.2) is 0 Å². The van der Waals surface area contributed by atoms with Crippen LogP contribution in [0.3, 0.4) is 0 Å². The number of benzene rings is 1. The largest absolute Gasteiger partial charge is 0.299 e. The number of Topliss-reactive ketones (excluding diaryl/α,β-unsaturated/α-hetero) is 1. The Morgan fingerprint density at radius 1 is 1.20 bits per heavy atom. The Bertz CT molecular complexity index is 453. The van der Waals surface area contributed by atoms with Crippen LogP contribution >= 0.6 is 31.9 Å². The normalized spacial score (nSPS) is 28.0. The number of rotatable bonds is 0. The van der Waals surface area contributed by atoms with Gasteiger partial charge in [-0.05, 0) is 42.0 Å². The van der Waals surface area contributed by atoms with Gasteiger partial charge in [-0.15, -0.1) is 0 Å². The third-order valence-corrected chi connectivity index (χ3v) is 5.04. The van der Waals surface area contributed by atoms with E-state index in [9.17, 15) is 4.79 Å². The summed E-state index contributed by atoms with van der Waals surface area (Å²) in [5, 5.41) is 0. The third-order valence-electron chi connectivity index (χ3n) is 3.60. The molecule has 2 aliphatic carbocycles. The zero-order valence-corrected chi connectivity index (χ0v) is 11.3. The molecule has 1 saturated carbocycles. The van der Waals surface area contributed by atoms with Crippen molar-refractivity contribution in [3.8, 4) is 0 Å². The summed E-state index contributed by atoms with van der Waals surface area (Å²) in [5.41, 5.74) is 2.59. The summed E-state index contributed by atoms with van der Waals surface area (Å²) < 4.78 is 2.26. The third kappa shape index (κ3) is 1.36. The second-order valence-electron chi connectivity index (χ2n) is 4.37.